The molecule has 2 rings (SSSR count). The van der Waals surface area contributed by atoms with Crippen LogP contribution in [0.4, 0.5) is 0 Å². The molecular weight excluding hydrogens is 360 g/mol. The molecule has 1 aromatic rings. The highest BCUT2D eigenvalue weighted by Gasteiger charge is 2.33. The molecular formula is C21H28N2O3S. The minimum atomic E-state index is -0.111. The van der Waals surface area contributed by atoms with Crippen LogP contribution in [0.1, 0.15) is 66.8 Å². The lowest BCUT2D eigenvalue weighted by atomic mass is 9.76. The molecule has 1 unspecified atom stereocenters. The third-order valence-electron chi connectivity index (χ3n) is 5.05. The minimum absolute atomic E-state index is 0.0767. The smallest absolute Gasteiger partial charge is 0.168 e. The molecule has 0 heterocycles. The lowest BCUT2D eigenvalue weighted by Crippen LogP contribution is -2.25. The van der Waals surface area contributed by atoms with Gasteiger partial charge in [0.2, 0.25) is 0 Å². The van der Waals surface area contributed by atoms with E-state index < -0.39 is 0 Å². The van der Waals surface area contributed by atoms with Crippen molar-refractivity contribution in [2.24, 2.45) is 10.9 Å². The maximum atomic E-state index is 12.9. The molecule has 0 fully saturated rings. The van der Waals surface area contributed by atoms with Crippen molar-refractivity contribution in [1.29, 1.82) is 0 Å². The number of nitrogens with two attached hydrogens (primary N) is 1. The Kier molecular flexibility index (Phi) is 6.76. The highest BCUT2D eigenvalue weighted by molar-refractivity contribution is 7.80. The Hall–Kier alpha value is -2.21. The SMILES string of the molecule is CCON=C(CC)C1=C(O)CC(c2c(C)cc(C)c(C(N)=S)c2C)CC1=O. The van der Waals surface area contributed by atoms with Gasteiger partial charge in [-0.2, -0.15) is 0 Å². The molecule has 1 aliphatic carbocycles. The molecule has 0 amide bonds. The van der Waals surface area contributed by atoms with Gasteiger partial charge in [0.15, 0.2) is 5.78 Å². The van der Waals surface area contributed by atoms with Crippen molar-refractivity contribution < 1.29 is 14.7 Å². The predicted molar refractivity (Wildman–Crippen MR) is 113 cm³/mol. The molecule has 0 aliphatic heterocycles. The largest absolute Gasteiger partial charge is 0.511 e. The summed E-state index contributed by atoms with van der Waals surface area (Å²) in [5.41, 5.74) is 11.7. The molecule has 0 bridgehead atoms. The number of benzene rings is 1. The molecule has 0 radical (unpaired) electrons. The van der Waals surface area contributed by atoms with Gasteiger partial charge in [-0.05, 0) is 62.3 Å². The van der Waals surface area contributed by atoms with Gasteiger partial charge in [-0.3, -0.25) is 4.79 Å². The van der Waals surface area contributed by atoms with Crippen LogP contribution in [-0.2, 0) is 9.63 Å². The lowest BCUT2D eigenvalue weighted by molar-refractivity contribution is -0.116. The second-order valence-electron chi connectivity index (χ2n) is 6.95. The van der Waals surface area contributed by atoms with Gasteiger partial charge in [-0.1, -0.05) is 30.4 Å². The Morgan fingerprint density at radius 2 is 1.96 bits per heavy atom. The number of ketones is 1. The number of aliphatic hydroxyl groups excluding tert-OH is 1. The Morgan fingerprint density at radius 1 is 1.30 bits per heavy atom. The number of nitrogens with zero attached hydrogens (tertiary/aromatic N) is 1. The molecule has 1 aliphatic rings. The molecule has 146 valence electrons. The van der Waals surface area contributed by atoms with Crippen molar-refractivity contribution in [3.8, 4) is 0 Å². The summed E-state index contributed by atoms with van der Waals surface area (Å²) in [5, 5.41) is 14.7. The zero-order valence-electron chi connectivity index (χ0n) is 16.7. The highest BCUT2D eigenvalue weighted by atomic mass is 32.1. The first-order valence-electron chi connectivity index (χ1n) is 9.27. The van der Waals surface area contributed by atoms with Gasteiger partial charge < -0.3 is 15.7 Å². The van der Waals surface area contributed by atoms with E-state index in [0.29, 0.717) is 42.1 Å². The second kappa shape index (κ2) is 8.65. The average Bonchev–Trinajstić information content (AvgIpc) is 2.56. The molecule has 1 atom stereocenters. The monoisotopic (exact) mass is 388 g/mol. The van der Waals surface area contributed by atoms with Gasteiger partial charge in [0, 0.05) is 18.4 Å². The maximum Gasteiger partial charge on any atom is 0.168 e. The van der Waals surface area contributed by atoms with E-state index in [0.717, 1.165) is 27.8 Å². The van der Waals surface area contributed by atoms with Gasteiger partial charge in [0.1, 0.15) is 17.4 Å². The zero-order chi connectivity index (χ0) is 20.3. The number of thiocarbonyl (C=S) groups is 1. The van der Waals surface area contributed by atoms with Crippen LogP contribution in [0.15, 0.2) is 22.6 Å². The number of aryl methyl sites for hydroxylation is 2. The summed E-state index contributed by atoms with van der Waals surface area (Å²) in [7, 11) is 0. The Balaban J connectivity index is 2.50. The van der Waals surface area contributed by atoms with Crippen LogP contribution in [-0.4, -0.2) is 28.2 Å². The summed E-state index contributed by atoms with van der Waals surface area (Å²) in [6, 6.07) is 2.05. The first kappa shape index (κ1) is 21.1. The summed E-state index contributed by atoms with van der Waals surface area (Å²) in [6.45, 7) is 10.1. The van der Waals surface area contributed by atoms with Crippen LogP contribution in [0, 0.1) is 20.8 Å². The van der Waals surface area contributed by atoms with Gasteiger partial charge in [-0.15, -0.1) is 0 Å². The van der Waals surface area contributed by atoms with E-state index in [9.17, 15) is 9.90 Å². The molecule has 1 aromatic carbocycles. The number of Topliss-reactive ketones (excluding diaryl/α,β-unsaturated/α-hetero) is 1. The highest BCUT2D eigenvalue weighted by Crippen LogP contribution is 2.39. The van der Waals surface area contributed by atoms with Crippen molar-refractivity contribution in [2.75, 3.05) is 6.61 Å². The van der Waals surface area contributed by atoms with Crippen LogP contribution in [0.2, 0.25) is 0 Å². The van der Waals surface area contributed by atoms with Gasteiger partial charge in [0.25, 0.3) is 0 Å². The summed E-state index contributed by atoms with van der Waals surface area (Å²) in [4.78, 5) is 18.3. The summed E-state index contributed by atoms with van der Waals surface area (Å²) < 4.78 is 0. The van der Waals surface area contributed by atoms with Crippen LogP contribution < -0.4 is 5.73 Å². The molecule has 5 nitrogen and oxygen atoms in total. The van der Waals surface area contributed by atoms with E-state index in [2.05, 4.69) is 5.16 Å². The Labute approximate surface area is 166 Å². The molecule has 6 heteroatoms. The summed E-state index contributed by atoms with van der Waals surface area (Å²) in [5.74, 6) is -0.145. The number of hydrogen-bond donors (Lipinski definition) is 2. The normalized spacial score (nSPS) is 18.0. The van der Waals surface area contributed by atoms with E-state index >= 15 is 0 Å². The Morgan fingerprint density at radius 3 is 2.48 bits per heavy atom. The van der Waals surface area contributed by atoms with Crippen molar-refractivity contribution in [3.05, 3.63) is 45.2 Å². The molecule has 27 heavy (non-hydrogen) atoms. The second-order valence-corrected chi connectivity index (χ2v) is 7.39. The van der Waals surface area contributed by atoms with E-state index in [1.807, 2.05) is 40.7 Å². The van der Waals surface area contributed by atoms with Crippen molar-refractivity contribution in [3.63, 3.8) is 0 Å². The van der Waals surface area contributed by atoms with Crippen LogP contribution in [0.3, 0.4) is 0 Å². The maximum absolute atomic E-state index is 12.9. The van der Waals surface area contributed by atoms with Crippen molar-refractivity contribution in [1.82, 2.24) is 0 Å². The lowest BCUT2D eigenvalue weighted by Gasteiger charge is -2.28. The topological polar surface area (TPSA) is 84.9 Å². The molecule has 3 N–H and O–H groups in total. The van der Waals surface area contributed by atoms with E-state index in [1.165, 1.54) is 0 Å². The summed E-state index contributed by atoms with van der Waals surface area (Å²) in [6.07, 6.45) is 1.21. The van der Waals surface area contributed by atoms with E-state index in [1.54, 1.807) is 0 Å². The average molecular weight is 389 g/mol. The zero-order valence-corrected chi connectivity index (χ0v) is 17.5. The molecule has 0 aromatic heterocycles. The van der Waals surface area contributed by atoms with Gasteiger partial charge >= 0.3 is 0 Å². The van der Waals surface area contributed by atoms with Crippen molar-refractivity contribution >= 4 is 28.7 Å². The first-order chi connectivity index (χ1) is 12.7. The third kappa shape index (κ3) is 4.21. The standard InChI is InChI=1S/C21H28N2O3S/c1-6-15(23-26-7-2)20-16(24)9-14(10-17(20)25)18-11(3)8-12(4)19(13(18)5)21(22)27/h8,14,24H,6-7,9-10H2,1-5H3,(H2,22,27). The fourth-order valence-electron chi connectivity index (χ4n) is 4.06. The van der Waals surface area contributed by atoms with Gasteiger partial charge in [-0.25, -0.2) is 0 Å². The number of carbonyl (C=O) groups is 1. The number of rotatable bonds is 6. The van der Waals surface area contributed by atoms with Crippen LogP contribution in [0.5, 0.6) is 0 Å². The fourth-order valence-corrected chi connectivity index (χ4v) is 4.38. The number of oxime groups is 1. The molecule has 0 spiro atoms. The predicted octanol–water partition coefficient (Wildman–Crippen LogP) is 4.31. The number of allylic oxidation sites excluding steroid dienone is 2. The van der Waals surface area contributed by atoms with E-state index in [4.69, 9.17) is 22.8 Å². The van der Waals surface area contributed by atoms with E-state index in [-0.39, 0.29) is 17.5 Å². The van der Waals surface area contributed by atoms with Crippen LogP contribution >= 0.6 is 12.2 Å². The number of carbonyl (C=O) groups excluding carboxylic acids is 1. The third-order valence-corrected chi connectivity index (χ3v) is 5.26. The number of hydrogen-bond acceptors (Lipinski definition) is 5. The molecule has 0 saturated carbocycles. The van der Waals surface area contributed by atoms with Crippen LogP contribution in [0.25, 0.3) is 0 Å². The number of aliphatic hydroxyl groups is 1. The fraction of sp³-hybridized carbons (Fsp3) is 0.476. The van der Waals surface area contributed by atoms with Crippen molar-refractivity contribution in [2.45, 2.75) is 59.8 Å². The summed E-state index contributed by atoms with van der Waals surface area (Å²) >= 11 is 5.22. The minimum Gasteiger partial charge on any atom is -0.511 e. The van der Waals surface area contributed by atoms with Gasteiger partial charge in [0.05, 0.1) is 11.3 Å². The quantitative estimate of drug-likeness (QED) is 0.431. The molecule has 0 saturated heterocycles. The Bertz CT molecular complexity index is 840. The first-order valence-corrected chi connectivity index (χ1v) is 9.68.